The Morgan fingerprint density at radius 2 is 2.13 bits per heavy atom. The molecule has 1 aromatic heterocycles. The summed E-state index contributed by atoms with van der Waals surface area (Å²) in [5, 5.41) is 1.40. The molecule has 0 amide bonds. The van der Waals surface area contributed by atoms with Crippen molar-refractivity contribution in [3.05, 3.63) is 36.0 Å². The average molecular weight is 199 g/mol. The number of hydrogen-bond donors (Lipinski definition) is 0. The molecule has 1 aromatic carbocycles. The first-order valence-electron chi connectivity index (χ1n) is 5.98. The van der Waals surface area contributed by atoms with E-state index in [4.69, 9.17) is 0 Å². The first-order chi connectivity index (χ1) is 7.38. The smallest absolute Gasteiger partial charge is 0.0483 e. The fourth-order valence-corrected chi connectivity index (χ4v) is 2.42. The molecule has 1 saturated carbocycles. The van der Waals surface area contributed by atoms with Gasteiger partial charge in [0.1, 0.15) is 0 Å². The molecular weight excluding hydrogens is 182 g/mol. The lowest BCUT2D eigenvalue weighted by molar-refractivity contribution is 0.321. The van der Waals surface area contributed by atoms with Gasteiger partial charge in [0.05, 0.1) is 0 Å². The van der Waals surface area contributed by atoms with Crippen LogP contribution in [0, 0.1) is 0 Å². The standard InChI is InChI=1S/C14H17N/c1-2-11-6-7-14-12(10-11)8-9-15(14)13-4-3-5-13/h6-10,13H,2-5H2,1H3. The van der Waals surface area contributed by atoms with Crippen LogP contribution in [0.2, 0.25) is 0 Å². The summed E-state index contributed by atoms with van der Waals surface area (Å²) < 4.78 is 2.46. The molecule has 0 unspecified atom stereocenters. The molecule has 0 spiro atoms. The Kier molecular flexibility index (Phi) is 2.05. The highest BCUT2D eigenvalue weighted by molar-refractivity contribution is 5.81. The minimum absolute atomic E-state index is 0.773. The third kappa shape index (κ3) is 1.38. The van der Waals surface area contributed by atoms with Crippen LogP contribution in [-0.2, 0) is 6.42 Å². The molecule has 2 aromatic rings. The van der Waals surface area contributed by atoms with E-state index in [1.54, 1.807) is 0 Å². The van der Waals surface area contributed by atoms with E-state index in [9.17, 15) is 0 Å². The largest absolute Gasteiger partial charge is 0.344 e. The van der Waals surface area contributed by atoms with Crippen molar-refractivity contribution in [1.82, 2.24) is 4.57 Å². The van der Waals surface area contributed by atoms with E-state index in [0.29, 0.717) is 0 Å². The van der Waals surface area contributed by atoms with Crippen molar-refractivity contribution in [3.63, 3.8) is 0 Å². The molecular formula is C14H17N. The number of fused-ring (bicyclic) bond motifs is 1. The first-order valence-corrected chi connectivity index (χ1v) is 5.98. The minimum Gasteiger partial charge on any atom is -0.344 e. The summed E-state index contributed by atoms with van der Waals surface area (Å²) in [6, 6.07) is 9.90. The average Bonchev–Trinajstić information content (AvgIpc) is 2.59. The van der Waals surface area contributed by atoms with Crippen LogP contribution in [0.25, 0.3) is 10.9 Å². The maximum atomic E-state index is 2.46. The molecule has 0 bridgehead atoms. The van der Waals surface area contributed by atoms with Gasteiger partial charge in [0, 0.05) is 17.8 Å². The number of benzene rings is 1. The lowest BCUT2D eigenvalue weighted by atomic mass is 9.93. The second kappa shape index (κ2) is 3.41. The summed E-state index contributed by atoms with van der Waals surface area (Å²) in [4.78, 5) is 0. The third-order valence-corrected chi connectivity index (χ3v) is 3.66. The van der Waals surface area contributed by atoms with Crippen molar-refractivity contribution >= 4 is 10.9 Å². The molecule has 15 heavy (non-hydrogen) atoms. The van der Waals surface area contributed by atoms with E-state index in [-0.39, 0.29) is 0 Å². The van der Waals surface area contributed by atoms with E-state index >= 15 is 0 Å². The zero-order valence-electron chi connectivity index (χ0n) is 9.24. The van der Waals surface area contributed by atoms with Gasteiger partial charge in [-0.15, -0.1) is 0 Å². The topological polar surface area (TPSA) is 4.93 Å². The zero-order valence-corrected chi connectivity index (χ0v) is 9.24. The lowest BCUT2D eigenvalue weighted by Gasteiger charge is -2.28. The van der Waals surface area contributed by atoms with Gasteiger partial charge in [0.15, 0.2) is 0 Å². The predicted molar refractivity (Wildman–Crippen MR) is 64.2 cm³/mol. The number of hydrogen-bond acceptors (Lipinski definition) is 0. The quantitative estimate of drug-likeness (QED) is 0.690. The molecule has 0 aliphatic heterocycles. The highest BCUT2D eigenvalue weighted by atomic mass is 15.0. The number of rotatable bonds is 2. The van der Waals surface area contributed by atoms with Crippen molar-refractivity contribution in [2.45, 2.75) is 38.6 Å². The summed E-state index contributed by atoms with van der Waals surface area (Å²) in [7, 11) is 0. The van der Waals surface area contributed by atoms with Crippen molar-refractivity contribution in [2.75, 3.05) is 0 Å². The molecule has 0 N–H and O–H groups in total. The van der Waals surface area contributed by atoms with Gasteiger partial charge in [0.25, 0.3) is 0 Å². The number of nitrogens with zero attached hydrogens (tertiary/aromatic N) is 1. The molecule has 1 fully saturated rings. The highest BCUT2D eigenvalue weighted by Gasteiger charge is 2.19. The van der Waals surface area contributed by atoms with Gasteiger partial charge in [-0.05, 0) is 54.8 Å². The molecule has 0 radical (unpaired) electrons. The van der Waals surface area contributed by atoms with Crippen molar-refractivity contribution in [1.29, 1.82) is 0 Å². The summed E-state index contributed by atoms with van der Waals surface area (Å²) in [6.07, 6.45) is 7.51. The Balaban J connectivity index is 2.09. The van der Waals surface area contributed by atoms with Gasteiger partial charge in [0.2, 0.25) is 0 Å². The Labute approximate surface area is 90.7 Å². The van der Waals surface area contributed by atoms with Gasteiger partial charge >= 0.3 is 0 Å². The summed E-state index contributed by atoms with van der Waals surface area (Å²) >= 11 is 0. The fourth-order valence-electron chi connectivity index (χ4n) is 2.42. The van der Waals surface area contributed by atoms with Crippen LogP contribution in [0.15, 0.2) is 30.5 Å². The number of aromatic nitrogens is 1. The normalized spacial score (nSPS) is 16.9. The van der Waals surface area contributed by atoms with Crippen LogP contribution in [0.5, 0.6) is 0 Å². The zero-order chi connectivity index (χ0) is 10.3. The van der Waals surface area contributed by atoms with Gasteiger partial charge in [-0.1, -0.05) is 13.0 Å². The van der Waals surface area contributed by atoms with E-state index < -0.39 is 0 Å². The second-order valence-corrected chi connectivity index (χ2v) is 4.55. The SMILES string of the molecule is CCc1ccc2c(ccn2C2CCC2)c1. The highest BCUT2D eigenvalue weighted by Crippen LogP contribution is 2.34. The minimum atomic E-state index is 0.773. The van der Waals surface area contributed by atoms with Crippen LogP contribution >= 0.6 is 0 Å². The third-order valence-electron chi connectivity index (χ3n) is 3.66. The molecule has 0 atom stereocenters. The van der Waals surface area contributed by atoms with Crippen molar-refractivity contribution in [3.8, 4) is 0 Å². The van der Waals surface area contributed by atoms with Gasteiger partial charge < -0.3 is 4.57 Å². The van der Waals surface area contributed by atoms with Crippen LogP contribution in [0.1, 0.15) is 37.8 Å². The summed E-state index contributed by atoms with van der Waals surface area (Å²) in [6.45, 7) is 2.21. The molecule has 1 aliphatic rings. The Bertz CT molecular complexity index is 477. The summed E-state index contributed by atoms with van der Waals surface area (Å²) in [5.41, 5.74) is 2.85. The molecule has 1 heterocycles. The molecule has 1 nitrogen and oxygen atoms in total. The van der Waals surface area contributed by atoms with Gasteiger partial charge in [-0.3, -0.25) is 0 Å². The van der Waals surface area contributed by atoms with E-state index in [1.165, 1.54) is 35.7 Å². The van der Waals surface area contributed by atoms with Crippen molar-refractivity contribution in [2.24, 2.45) is 0 Å². The summed E-state index contributed by atoms with van der Waals surface area (Å²) in [5.74, 6) is 0. The Morgan fingerprint density at radius 3 is 2.80 bits per heavy atom. The van der Waals surface area contributed by atoms with E-state index in [1.807, 2.05) is 0 Å². The maximum absolute atomic E-state index is 2.46. The lowest BCUT2D eigenvalue weighted by Crippen LogP contribution is -2.15. The van der Waals surface area contributed by atoms with Gasteiger partial charge in [-0.25, -0.2) is 0 Å². The van der Waals surface area contributed by atoms with Crippen LogP contribution in [0.4, 0.5) is 0 Å². The Morgan fingerprint density at radius 1 is 1.27 bits per heavy atom. The van der Waals surface area contributed by atoms with E-state index in [0.717, 1.165) is 12.5 Å². The molecule has 1 aliphatic carbocycles. The fraction of sp³-hybridized carbons (Fsp3) is 0.429. The molecule has 78 valence electrons. The predicted octanol–water partition coefficient (Wildman–Crippen LogP) is 3.93. The van der Waals surface area contributed by atoms with Crippen LogP contribution in [-0.4, -0.2) is 4.57 Å². The number of aryl methyl sites for hydroxylation is 1. The second-order valence-electron chi connectivity index (χ2n) is 4.55. The van der Waals surface area contributed by atoms with Crippen LogP contribution in [0.3, 0.4) is 0 Å². The van der Waals surface area contributed by atoms with E-state index in [2.05, 4.69) is 42.0 Å². The van der Waals surface area contributed by atoms with Crippen molar-refractivity contribution < 1.29 is 0 Å². The molecule has 0 saturated heterocycles. The molecule has 3 rings (SSSR count). The van der Waals surface area contributed by atoms with Crippen LogP contribution < -0.4 is 0 Å². The molecule has 1 heteroatoms. The monoisotopic (exact) mass is 199 g/mol. The van der Waals surface area contributed by atoms with Gasteiger partial charge in [-0.2, -0.15) is 0 Å². The maximum Gasteiger partial charge on any atom is 0.0483 e. The Hall–Kier alpha value is -1.24. The first kappa shape index (κ1) is 9.02.